The number of aromatic nitrogens is 4. The van der Waals surface area contributed by atoms with E-state index in [0.717, 1.165) is 78.6 Å². The van der Waals surface area contributed by atoms with Gasteiger partial charge in [-0.05, 0) is 87.2 Å². The number of benzene rings is 2. The van der Waals surface area contributed by atoms with E-state index in [2.05, 4.69) is 26.0 Å². The van der Waals surface area contributed by atoms with Gasteiger partial charge >= 0.3 is 0 Å². The van der Waals surface area contributed by atoms with E-state index in [1.165, 1.54) is 24.3 Å². The summed E-state index contributed by atoms with van der Waals surface area (Å²) in [4.78, 5) is 19.2. The van der Waals surface area contributed by atoms with Gasteiger partial charge in [0.15, 0.2) is 0 Å². The Morgan fingerprint density at radius 3 is 1.87 bits per heavy atom. The van der Waals surface area contributed by atoms with Crippen LogP contribution in [0.1, 0.15) is 50.4 Å². The quantitative estimate of drug-likeness (QED) is 0.173. The van der Waals surface area contributed by atoms with Crippen molar-refractivity contribution in [3.63, 3.8) is 0 Å². The molecule has 1 fully saturated rings. The van der Waals surface area contributed by atoms with E-state index in [4.69, 9.17) is 9.47 Å². The number of aliphatic hydroxyl groups excluding tert-OH is 2. The van der Waals surface area contributed by atoms with Crippen LogP contribution in [0.3, 0.4) is 0 Å². The van der Waals surface area contributed by atoms with Crippen molar-refractivity contribution in [2.75, 3.05) is 39.4 Å². The Morgan fingerprint density at radius 2 is 1.33 bits per heavy atom. The molecule has 4 heterocycles. The molecule has 0 radical (unpaired) electrons. The SMILES string of the molecule is CCOC(O)N1CC=C(c2cnc(-c3ccc(F)cc3)[nH]2)CC1.CCOC(O)N1CCC(c2cnc(-c3ccc(F)cc3)[nH]2)CC1. The minimum absolute atomic E-state index is 0.249. The fourth-order valence-corrected chi connectivity index (χ4v) is 5.61. The van der Waals surface area contributed by atoms with Gasteiger partial charge in [0.25, 0.3) is 0 Å². The van der Waals surface area contributed by atoms with Crippen molar-refractivity contribution in [1.29, 1.82) is 0 Å². The van der Waals surface area contributed by atoms with Crippen LogP contribution in [0.25, 0.3) is 28.3 Å². The summed E-state index contributed by atoms with van der Waals surface area (Å²) in [6.45, 7) is 7.64. The Labute approximate surface area is 267 Å². The summed E-state index contributed by atoms with van der Waals surface area (Å²) in [7, 11) is 0. The molecule has 10 nitrogen and oxygen atoms in total. The molecule has 2 aliphatic rings. The number of nitrogens with zero attached hydrogens (tertiary/aromatic N) is 4. The van der Waals surface area contributed by atoms with E-state index in [1.54, 1.807) is 30.5 Å². The third kappa shape index (κ3) is 8.72. The van der Waals surface area contributed by atoms with Gasteiger partial charge in [0.2, 0.25) is 12.8 Å². The van der Waals surface area contributed by atoms with Crippen LogP contribution >= 0.6 is 0 Å². The van der Waals surface area contributed by atoms with E-state index >= 15 is 0 Å². The number of rotatable bonds is 10. The average molecular weight is 637 g/mol. The third-order valence-corrected chi connectivity index (χ3v) is 8.22. The number of ether oxygens (including phenoxy) is 2. The fraction of sp³-hybridized carbons (Fsp3) is 0.412. The number of hydrogen-bond acceptors (Lipinski definition) is 8. The number of H-pyrrole nitrogens is 2. The molecule has 1 saturated heterocycles. The van der Waals surface area contributed by atoms with Gasteiger partial charge in [-0.2, -0.15) is 0 Å². The second kappa shape index (κ2) is 16.2. The van der Waals surface area contributed by atoms with Crippen molar-refractivity contribution in [3.8, 4) is 22.8 Å². The van der Waals surface area contributed by atoms with E-state index in [0.29, 0.717) is 25.7 Å². The van der Waals surface area contributed by atoms with Crippen LogP contribution in [0.15, 0.2) is 67.0 Å². The predicted molar refractivity (Wildman–Crippen MR) is 171 cm³/mol. The van der Waals surface area contributed by atoms with E-state index < -0.39 is 12.8 Å². The molecule has 46 heavy (non-hydrogen) atoms. The number of hydrogen-bond donors (Lipinski definition) is 4. The lowest BCUT2D eigenvalue weighted by Crippen LogP contribution is -2.42. The summed E-state index contributed by atoms with van der Waals surface area (Å²) in [6.07, 6.45) is 6.73. The molecule has 0 aliphatic carbocycles. The zero-order valence-corrected chi connectivity index (χ0v) is 26.2. The second-order valence-electron chi connectivity index (χ2n) is 11.2. The first kappa shape index (κ1) is 33.6. The van der Waals surface area contributed by atoms with Crippen molar-refractivity contribution in [1.82, 2.24) is 29.7 Å². The first-order valence-electron chi connectivity index (χ1n) is 15.7. The number of piperidine rings is 1. The predicted octanol–water partition coefficient (Wildman–Crippen LogP) is 5.32. The number of likely N-dealkylation sites (tertiary alicyclic amines) is 1. The van der Waals surface area contributed by atoms with E-state index in [-0.39, 0.29) is 11.6 Å². The molecule has 0 saturated carbocycles. The number of nitrogens with one attached hydrogen (secondary N) is 2. The average Bonchev–Trinajstić information content (AvgIpc) is 3.78. The Balaban J connectivity index is 0.000000181. The van der Waals surface area contributed by atoms with Gasteiger partial charge in [-0.3, -0.25) is 9.80 Å². The molecule has 2 aromatic carbocycles. The minimum Gasteiger partial charge on any atom is -0.356 e. The lowest BCUT2D eigenvalue weighted by atomic mass is 9.94. The van der Waals surface area contributed by atoms with Crippen LogP contribution in [-0.2, 0) is 9.47 Å². The molecular weight excluding hydrogens is 594 g/mol. The Hall–Kier alpha value is -3.78. The molecule has 6 rings (SSSR count). The molecule has 2 aromatic heterocycles. The fourth-order valence-electron chi connectivity index (χ4n) is 5.61. The monoisotopic (exact) mass is 636 g/mol. The summed E-state index contributed by atoms with van der Waals surface area (Å²) < 4.78 is 36.4. The van der Waals surface area contributed by atoms with Crippen LogP contribution < -0.4 is 0 Å². The van der Waals surface area contributed by atoms with Crippen LogP contribution in [0.2, 0.25) is 0 Å². The van der Waals surface area contributed by atoms with Gasteiger partial charge in [-0.1, -0.05) is 6.08 Å². The van der Waals surface area contributed by atoms with Gasteiger partial charge in [0, 0.05) is 68.3 Å². The first-order valence-corrected chi connectivity index (χ1v) is 15.7. The van der Waals surface area contributed by atoms with Gasteiger partial charge in [-0.25, -0.2) is 18.7 Å². The highest BCUT2D eigenvalue weighted by Gasteiger charge is 2.26. The van der Waals surface area contributed by atoms with Gasteiger partial charge < -0.3 is 29.7 Å². The maximum Gasteiger partial charge on any atom is 0.216 e. The zero-order chi connectivity index (χ0) is 32.5. The normalized spacial score (nSPS) is 17.7. The number of halogens is 2. The Morgan fingerprint density at radius 1 is 0.783 bits per heavy atom. The Kier molecular flexibility index (Phi) is 11.8. The van der Waals surface area contributed by atoms with Crippen LogP contribution in [-0.4, -0.2) is 92.2 Å². The molecular formula is C34H42F2N6O4. The standard InChI is InChI=1S/C17H22FN3O2.C17H20FN3O2/c2*1-2-23-17(22)21-9-7-12(8-10-21)15-11-19-16(20-15)13-3-5-14(18)6-4-13/h3-6,11-12,17,22H,2,7-10H2,1H3,(H,19,20);3-7,11,17,22H,2,8-10H2,1H3,(H,19,20). The van der Waals surface area contributed by atoms with Crippen molar-refractivity contribution >= 4 is 5.57 Å². The highest BCUT2D eigenvalue weighted by atomic mass is 19.1. The molecule has 12 heteroatoms. The maximum atomic E-state index is 13.0. The summed E-state index contributed by atoms with van der Waals surface area (Å²) in [5.41, 5.74) is 4.93. The summed E-state index contributed by atoms with van der Waals surface area (Å²) in [5.74, 6) is 1.36. The van der Waals surface area contributed by atoms with Gasteiger partial charge in [-0.15, -0.1) is 0 Å². The summed E-state index contributed by atoms with van der Waals surface area (Å²) >= 11 is 0. The Bertz CT molecular complexity index is 1530. The van der Waals surface area contributed by atoms with Crippen LogP contribution in [0.4, 0.5) is 8.78 Å². The zero-order valence-electron chi connectivity index (χ0n) is 26.2. The van der Waals surface area contributed by atoms with Gasteiger partial charge in [0.1, 0.15) is 23.3 Å². The minimum atomic E-state index is -0.852. The molecule has 246 valence electrons. The lowest BCUT2D eigenvalue weighted by Gasteiger charge is -2.34. The largest absolute Gasteiger partial charge is 0.356 e. The summed E-state index contributed by atoms with van der Waals surface area (Å²) in [6, 6.07) is 12.6. The molecule has 0 amide bonds. The van der Waals surface area contributed by atoms with E-state index in [9.17, 15) is 19.0 Å². The van der Waals surface area contributed by atoms with Gasteiger partial charge in [0.05, 0.1) is 11.9 Å². The van der Waals surface area contributed by atoms with Crippen molar-refractivity contribution in [3.05, 3.63) is 90.0 Å². The van der Waals surface area contributed by atoms with Crippen molar-refractivity contribution in [2.45, 2.75) is 51.9 Å². The lowest BCUT2D eigenvalue weighted by molar-refractivity contribution is -0.195. The number of aliphatic hydroxyl groups is 2. The smallest absolute Gasteiger partial charge is 0.216 e. The molecule has 4 aromatic rings. The number of aromatic amines is 2. The third-order valence-electron chi connectivity index (χ3n) is 8.22. The maximum absolute atomic E-state index is 13.0. The first-order chi connectivity index (χ1) is 22.3. The molecule has 2 unspecified atom stereocenters. The molecule has 2 atom stereocenters. The molecule has 2 aliphatic heterocycles. The highest BCUT2D eigenvalue weighted by molar-refractivity contribution is 5.66. The van der Waals surface area contributed by atoms with E-state index in [1.807, 2.05) is 29.8 Å². The summed E-state index contributed by atoms with van der Waals surface area (Å²) in [5, 5.41) is 19.7. The second-order valence-corrected chi connectivity index (χ2v) is 11.2. The van der Waals surface area contributed by atoms with Crippen molar-refractivity contribution in [2.24, 2.45) is 0 Å². The van der Waals surface area contributed by atoms with Crippen molar-refractivity contribution < 1.29 is 28.5 Å². The highest BCUT2D eigenvalue weighted by Crippen LogP contribution is 2.29. The van der Waals surface area contributed by atoms with Crippen LogP contribution in [0.5, 0.6) is 0 Å². The topological polar surface area (TPSA) is 123 Å². The molecule has 4 N–H and O–H groups in total. The molecule has 0 spiro atoms. The molecule has 0 bridgehead atoms. The van der Waals surface area contributed by atoms with Crippen LogP contribution in [0, 0.1) is 11.6 Å². The number of imidazole rings is 2.